The first-order valence-corrected chi connectivity index (χ1v) is 5.72. The van der Waals surface area contributed by atoms with E-state index in [0.29, 0.717) is 11.5 Å². The third-order valence-corrected chi connectivity index (χ3v) is 3.12. The number of nitrogens with zero attached hydrogens (tertiary/aromatic N) is 4. The van der Waals surface area contributed by atoms with Crippen LogP contribution in [0.4, 0.5) is 0 Å². The first kappa shape index (κ1) is 11.5. The summed E-state index contributed by atoms with van der Waals surface area (Å²) in [6.07, 6.45) is 2.49. The van der Waals surface area contributed by atoms with E-state index in [1.165, 1.54) is 6.20 Å². The summed E-state index contributed by atoms with van der Waals surface area (Å²) in [5, 5.41) is 35.4. The molecule has 0 aromatic rings. The largest absolute Gasteiger partial charge is 0.394 e. The molecule has 0 radical (unpaired) electrons. The number of hydrazine groups is 1. The topological polar surface area (TPSA) is 104 Å². The van der Waals surface area contributed by atoms with E-state index in [9.17, 15) is 10.4 Å². The zero-order valence-electron chi connectivity index (χ0n) is 9.60. The Balaban J connectivity index is 1.77. The van der Waals surface area contributed by atoms with Crippen molar-refractivity contribution in [3.63, 3.8) is 0 Å². The van der Waals surface area contributed by atoms with Crippen LogP contribution >= 0.6 is 0 Å². The highest BCUT2D eigenvalue weighted by molar-refractivity contribution is 5.98. The number of aliphatic hydroxyl groups is 1. The van der Waals surface area contributed by atoms with Crippen LogP contribution in [0.5, 0.6) is 0 Å². The maximum absolute atomic E-state index is 9.62. The number of hydrazone groups is 1. The summed E-state index contributed by atoms with van der Waals surface area (Å²) >= 11 is 0. The Kier molecular flexibility index (Phi) is 2.74. The van der Waals surface area contributed by atoms with Gasteiger partial charge in [0.15, 0.2) is 6.23 Å². The Morgan fingerprint density at radius 2 is 2.28 bits per heavy atom. The van der Waals surface area contributed by atoms with E-state index in [-0.39, 0.29) is 25.6 Å². The van der Waals surface area contributed by atoms with Crippen LogP contribution in [-0.2, 0) is 4.74 Å². The second kappa shape index (κ2) is 4.28. The fraction of sp³-hybridized carbons (Fsp3) is 0.667. The molecule has 0 amide bonds. The monoisotopic (exact) mass is 257 g/mol. The van der Waals surface area contributed by atoms with Gasteiger partial charge < -0.3 is 9.84 Å². The van der Waals surface area contributed by atoms with E-state index < -0.39 is 0 Å². The average molecular weight is 257 g/mol. The van der Waals surface area contributed by atoms with Crippen molar-refractivity contribution in [2.45, 2.75) is 25.2 Å². The summed E-state index contributed by atoms with van der Waals surface area (Å²) in [4.78, 5) is 0. The lowest BCUT2D eigenvalue weighted by Crippen LogP contribution is -2.46. The van der Waals surface area contributed by atoms with E-state index in [1.54, 1.807) is 5.01 Å². The average Bonchev–Trinajstić information content (AvgIpc) is 2.93. The van der Waals surface area contributed by atoms with Crippen molar-refractivity contribution in [2.75, 3.05) is 13.3 Å². The number of fused-ring (bicyclic) bond motifs is 1. The zero-order chi connectivity index (χ0) is 12.7. The van der Waals surface area contributed by atoms with Crippen molar-refractivity contribution in [1.82, 2.24) is 20.7 Å². The normalized spacial score (nSPS) is 31.2. The molecule has 3 heterocycles. The number of aliphatic hydroxyl groups excluding tert-OH is 1. The van der Waals surface area contributed by atoms with E-state index in [0.717, 1.165) is 23.0 Å². The number of rotatable bonds is 2. The molecule has 4 N–H and O–H groups in total. The van der Waals surface area contributed by atoms with Gasteiger partial charge in [0.2, 0.25) is 5.84 Å². The molecule has 100 valence electrons. The van der Waals surface area contributed by atoms with Gasteiger partial charge >= 0.3 is 0 Å². The quantitative estimate of drug-likeness (QED) is 0.490. The third kappa shape index (κ3) is 1.77. The minimum absolute atomic E-state index is 0.0185. The molecule has 0 spiro atoms. The molecule has 2 atom stereocenters. The maximum atomic E-state index is 9.62. The molecule has 3 aliphatic rings. The fourth-order valence-corrected chi connectivity index (χ4v) is 2.25. The lowest BCUT2D eigenvalue weighted by Gasteiger charge is -2.31. The van der Waals surface area contributed by atoms with Crippen molar-refractivity contribution >= 4 is 5.84 Å². The molecule has 3 rings (SSSR count). The van der Waals surface area contributed by atoms with E-state index in [1.807, 2.05) is 0 Å². The summed E-state index contributed by atoms with van der Waals surface area (Å²) in [5.41, 5.74) is 3.27. The fourth-order valence-electron chi connectivity index (χ4n) is 2.25. The minimum atomic E-state index is -0.283. The maximum Gasteiger partial charge on any atom is 0.203 e. The Hall–Kier alpha value is -1.55. The summed E-state index contributed by atoms with van der Waals surface area (Å²) in [5.74, 6) is 0.330. The Morgan fingerprint density at radius 1 is 1.44 bits per heavy atom. The predicted octanol–water partition coefficient (Wildman–Crippen LogP) is -1.19. The van der Waals surface area contributed by atoms with Gasteiger partial charge in [0.05, 0.1) is 18.9 Å². The number of hydroxylamine groups is 4. The highest BCUT2D eigenvalue weighted by Gasteiger charge is 2.38. The third-order valence-electron chi connectivity index (χ3n) is 3.12. The van der Waals surface area contributed by atoms with E-state index >= 15 is 0 Å². The standard InChI is InChI=1S/C9H15N5O4/c15-4-6-1-2-8(18-6)14-7-3-12(16)5-13(17)9(7)10-11-14/h3,6,8,11,15-17H,1-2,4-5H2/t6-,8-/m0/s1. The van der Waals surface area contributed by atoms with Crippen LogP contribution in [0.15, 0.2) is 17.0 Å². The van der Waals surface area contributed by atoms with Gasteiger partial charge in [-0.25, -0.2) is 20.7 Å². The highest BCUT2D eigenvalue weighted by Crippen LogP contribution is 2.28. The van der Waals surface area contributed by atoms with Crippen molar-refractivity contribution in [3.05, 3.63) is 11.9 Å². The molecule has 18 heavy (non-hydrogen) atoms. The van der Waals surface area contributed by atoms with Gasteiger partial charge in [0, 0.05) is 0 Å². The van der Waals surface area contributed by atoms with Gasteiger partial charge in [0.1, 0.15) is 12.4 Å². The van der Waals surface area contributed by atoms with Gasteiger partial charge in [-0.05, 0) is 12.8 Å². The second-order valence-corrected chi connectivity index (χ2v) is 4.37. The summed E-state index contributed by atoms with van der Waals surface area (Å²) < 4.78 is 5.61. The molecular formula is C9H15N5O4. The number of hydrogen-bond acceptors (Lipinski definition) is 9. The number of ether oxygens (including phenoxy) is 1. The lowest BCUT2D eigenvalue weighted by atomic mass is 10.2. The highest BCUT2D eigenvalue weighted by atomic mass is 16.6. The molecule has 9 nitrogen and oxygen atoms in total. The van der Waals surface area contributed by atoms with Gasteiger partial charge in [-0.3, -0.25) is 10.4 Å². The zero-order valence-corrected chi connectivity index (χ0v) is 9.60. The molecule has 0 saturated carbocycles. The van der Waals surface area contributed by atoms with Crippen molar-refractivity contribution < 1.29 is 20.3 Å². The van der Waals surface area contributed by atoms with E-state index in [4.69, 9.17) is 9.84 Å². The van der Waals surface area contributed by atoms with Gasteiger partial charge in [0.25, 0.3) is 0 Å². The molecule has 1 fully saturated rings. The van der Waals surface area contributed by atoms with Crippen LogP contribution in [0.1, 0.15) is 12.8 Å². The van der Waals surface area contributed by atoms with Crippen LogP contribution in [0, 0.1) is 0 Å². The Morgan fingerprint density at radius 3 is 3.00 bits per heavy atom. The molecule has 0 aromatic carbocycles. The number of hydrogen-bond donors (Lipinski definition) is 4. The second-order valence-electron chi connectivity index (χ2n) is 4.37. The van der Waals surface area contributed by atoms with Crippen molar-refractivity contribution in [1.29, 1.82) is 0 Å². The van der Waals surface area contributed by atoms with Crippen LogP contribution in [0.25, 0.3) is 0 Å². The summed E-state index contributed by atoms with van der Waals surface area (Å²) in [7, 11) is 0. The summed E-state index contributed by atoms with van der Waals surface area (Å²) in [6, 6.07) is 0. The minimum Gasteiger partial charge on any atom is -0.394 e. The lowest BCUT2D eigenvalue weighted by molar-refractivity contribution is -0.149. The van der Waals surface area contributed by atoms with Crippen LogP contribution in [-0.4, -0.2) is 62.1 Å². The number of nitrogens with one attached hydrogen (secondary N) is 1. The van der Waals surface area contributed by atoms with Gasteiger partial charge in [-0.2, -0.15) is 0 Å². The van der Waals surface area contributed by atoms with Crippen LogP contribution in [0.2, 0.25) is 0 Å². The van der Waals surface area contributed by atoms with Crippen LogP contribution in [0.3, 0.4) is 0 Å². The molecule has 0 unspecified atom stereocenters. The predicted molar refractivity (Wildman–Crippen MR) is 57.6 cm³/mol. The number of amidine groups is 1. The Labute approximate surface area is 103 Å². The first-order valence-electron chi connectivity index (χ1n) is 5.72. The van der Waals surface area contributed by atoms with Gasteiger partial charge in [-0.15, -0.1) is 5.10 Å². The molecular weight excluding hydrogens is 242 g/mol. The van der Waals surface area contributed by atoms with Crippen LogP contribution < -0.4 is 5.53 Å². The van der Waals surface area contributed by atoms with Gasteiger partial charge in [-0.1, -0.05) is 0 Å². The van der Waals surface area contributed by atoms with E-state index in [2.05, 4.69) is 10.6 Å². The molecule has 0 bridgehead atoms. The molecule has 0 aromatic heterocycles. The Bertz CT molecular complexity index is 400. The molecule has 3 aliphatic heterocycles. The van der Waals surface area contributed by atoms with Crippen molar-refractivity contribution in [2.24, 2.45) is 5.10 Å². The molecule has 0 aliphatic carbocycles. The molecule has 1 saturated heterocycles. The molecule has 9 heteroatoms. The SMILES string of the molecule is OC[C@@H]1CC[C@@H](N2NN=C3C2=CN(O)CN3O)O1. The van der Waals surface area contributed by atoms with Crippen molar-refractivity contribution in [3.8, 4) is 0 Å². The summed E-state index contributed by atoms with van der Waals surface area (Å²) in [6.45, 7) is -0.0853. The first-order chi connectivity index (χ1) is 8.69. The smallest absolute Gasteiger partial charge is 0.203 e.